The maximum Gasteiger partial charge on any atom is 0.233 e. The Balaban J connectivity index is 1.47. The van der Waals surface area contributed by atoms with E-state index >= 15 is 0 Å². The molecule has 0 aliphatic carbocycles. The number of nitrogens with zero attached hydrogens (tertiary/aromatic N) is 4. The molecule has 0 unspecified atom stereocenters. The summed E-state index contributed by atoms with van der Waals surface area (Å²) < 4.78 is 16.0. The number of halogens is 1. The first-order valence-corrected chi connectivity index (χ1v) is 10.3. The number of aromatic nitrogens is 3. The molecule has 1 atom stereocenters. The number of hydrogen-bond acceptors (Lipinski definition) is 4. The topological polar surface area (TPSA) is 51.0 Å². The van der Waals surface area contributed by atoms with Crippen molar-refractivity contribution >= 4 is 17.7 Å². The maximum absolute atomic E-state index is 13.8. The van der Waals surface area contributed by atoms with Gasteiger partial charge in [0.25, 0.3) is 0 Å². The molecule has 1 saturated heterocycles. The van der Waals surface area contributed by atoms with Crippen LogP contribution in [-0.2, 0) is 17.8 Å². The molecule has 26 heavy (non-hydrogen) atoms. The maximum atomic E-state index is 13.8. The highest BCUT2D eigenvalue weighted by Gasteiger charge is 2.34. The second-order valence-electron chi connectivity index (χ2n) is 6.90. The SMILES string of the molecule is O=C(CSc1ccccc1F)N1CCC[C@@H]1c1nnc2n1CCCCC2. The second kappa shape index (κ2) is 7.78. The highest BCUT2D eigenvalue weighted by Crippen LogP contribution is 2.33. The van der Waals surface area contributed by atoms with E-state index in [9.17, 15) is 9.18 Å². The monoisotopic (exact) mass is 374 g/mol. The number of hydrogen-bond donors (Lipinski definition) is 0. The van der Waals surface area contributed by atoms with Crippen LogP contribution < -0.4 is 0 Å². The molecule has 0 radical (unpaired) electrons. The van der Waals surface area contributed by atoms with Gasteiger partial charge in [0, 0.05) is 24.4 Å². The fraction of sp³-hybridized carbons (Fsp3) is 0.526. The Bertz CT molecular complexity index is 794. The van der Waals surface area contributed by atoms with Crippen molar-refractivity contribution in [3.8, 4) is 0 Å². The highest BCUT2D eigenvalue weighted by atomic mass is 32.2. The van der Waals surface area contributed by atoms with Crippen LogP contribution in [0.5, 0.6) is 0 Å². The summed E-state index contributed by atoms with van der Waals surface area (Å²) in [5.74, 6) is 2.01. The Hall–Kier alpha value is -1.89. The lowest BCUT2D eigenvalue weighted by atomic mass is 10.2. The van der Waals surface area contributed by atoms with Gasteiger partial charge in [-0.05, 0) is 37.8 Å². The van der Waals surface area contributed by atoms with Crippen LogP contribution in [-0.4, -0.2) is 37.9 Å². The molecule has 0 N–H and O–H groups in total. The second-order valence-corrected chi connectivity index (χ2v) is 7.92. The number of benzene rings is 1. The summed E-state index contributed by atoms with van der Waals surface area (Å²) >= 11 is 1.26. The van der Waals surface area contributed by atoms with Crippen molar-refractivity contribution in [2.75, 3.05) is 12.3 Å². The normalized spacial score (nSPS) is 20.0. The highest BCUT2D eigenvalue weighted by molar-refractivity contribution is 8.00. The third-order valence-electron chi connectivity index (χ3n) is 5.20. The summed E-state index contributed by atoms with van der Waals surface area (Å²) in [4.78, 5) is 15.2. The smallest absolute Gasteiger partial charge is 0.233 e. The van der Waals surface area contributed by atoms with Crippen molar-refractivity contribution in [2.24, 2.45) is 0 Å². The average molecular weight is 374 g/mol. The molecule has 2 aromatic rings. The molecule has 5 nitrogen and oxygen atoms in total. The summed E-state index contributed by atoms with van der Waals surface area (Å²) in [7, 11) is 0. The number of amides is 1. The Labute approximate surface area is 157 Å². The molecule has 1 aromatic carbocycles. The summed E-state index contributed by atoms with van der Waals surface area (Å²) in [6, 6.07) is 6.60. The minimum atomic E-state index is -0.272. The van der Waals surface area contributed by atoms with E-state index in [1.165, 1.54) is 24.2 Å². The van der Waals surface area contributed by atoms with Gasteiger partial charge >= 0.3 is 0 Å². The van der Waals surface area contributed by atoms with Gasteiger partial charge in [-0.1, -0.05) is 18.6 Å². The largest absolute Gasteiger partial charge is 0.332 e. The van der Waals surface area contributed by atoms with E-state index in [0.717, 1.165) is 56.8 Å². The van der Waals surface area contributed by atoms with Gasteiger partial charge in [0.05, 0.1) is 11.8 Å². The lowest BCUT2D eigenvalue weighted by Gasteiger charge is -2.24. The summed E-state index contributed by atoms with van der Waals surface area (Å²) in [6.45, 7) is 1.68. The first-order valence-electron chi connectivity index (χ1n) is 9.33. The Morgan fingerprint density at radius 3 is 2.92 bits per heavy atom. The van der Waals surface area contributed by atoms with E-state index in [1.54, 1.807) is 18.2 Å². The molecular formula is C19H23FN4OS. The van der Waals surface area contributed by atoms with Gasteiger partial charge in [0.1, 0.15) is 11.6 Å². The van der Waals surface area contributed by atoms with Crippen molar-refractivity contribution in [1.82, 2.24) is 19.7 Å². The van der Waals surface area contributed by atoms with E-state index in [2.05, 4.69) is 14.8 Å². The van der Waals surface area contributed by atoms with Crippen LogP contribution in [0.25, 0.3) is 0 Å². The predicted octanol–water partition coefficient (Wildman–Crippen LogP) is 3.60. The molecule has 0 spiro atoms. The fourth-order valence-corrected chi connectivity index (χ4v) is 4.70. The molecule has 138 valence electrons. The summed E-state index contributed by atoms with van der Waals surface area (Å²) in [5.41, 5.74) is 0. The molecule has 2 aliphatic heterocycles. The molecule has 1 fully saturated rings. The molecule has 3 heterocycles. The number of aryl methyl sites for hydroxylation is 1. The zero-order chi connectivity index (χ0) is 17.9. The van der Waals surface area contributed by atoms with E-state index in [4.69, 9.17) is 0 Å². The van der Waals surface area contributed by atoms with Crippen molar-refractivity contribution in [2.45, 2.75) is 56.0 Å². The van der Waals surface area contributed by atoms with Gasteiger partial charge in [-0.3, -0.25) is 4.79 Å². The molecule has 0 saturated carbocycles. The van der Waals surface area contributed by atoms with Gasteiger partial charge in [-0.25, -0.2) is 4.39 Å². The average Bonchev–Trinajstić information content (AvgIpc) is 3.21. The van der Waals surface area contributed by atoms with Crippen LogP contribution in [0.1, 0.15) is 49.8 Å². The number of thioether (sulfide) groups is 1. The molecular weight excluding hydrogens is 351 g/mol. The van der Waals surface area contributed by atoms with Gasteiger partial charge in [0.15, 0.2) is 5.82 Å². The van der Waals surface area contributed by atoms with E-state index in [1.807, 2.05) is 4.90 Å². The molecule has 0 bridgehead atoms. The van der Waals surface area contributed by atoms with E-state index in [0.29, 0.717) is 4.90 Å². The Morgan fingerprint density at radius 1 is 1.15 bits per heavy atom. The van der Waals surface area contributed by atoms with Crippen LogP contribution in [0.15, 0.2) is 29.2 Å². The minimum absolute atomic E-state index is 0.00284. The van der Waals surface area contributed by atoms with Gasteiger partial charge in [-0.2, -0.15) is 0 Å². The number of fused-ring (bicyclic) bond motifs is 1. The van der Waals surface area contributed by atoms with E-state index < -0.39 is 0 Å². The standard InChI is InChI=1S/C19H23FN4OS/c20-14-7-3-4-9-16(14)26-13-18(25)23-12-6-8-15(23)19-22-21-17-10-2-1-5-11-24(17)19/h3-4,7,9,15H,1-2,5-6,8,10-13H2/t15-/m1/s1. The van der Waals surface area contributed by atoms with Crippen LogP contribution in [0.3, 0.4) is 0 Å². The van der Waals surface area contributed by atoms with Crippen LogP contribution in [0.4, 0.5) is 4.39 Å². The number of carbonyl (C=O) groups is 1. The Morgan fingerprint density at radius 2 is 2.04 bits per heavy atom. The number of rotatable bonds is 4. The number of likely N-dealkylation sites (tertiary alicyclic amines) is 1. The molecule has 4 rings (SSSR count). The van der Waals surface area contributed by atoms with Crippen molar-refractivity contribution in [3.05, 3.63) is 41.7 Å². The summed E-state index contributed by atoms with van der Waals surface area (Å²) in [5, 5.41) is 8.82. The van der Waals surface area contributed by atoms with Crippen LogP contribution in [0.2, 0.25) is 0 Å². The zero-order valence-electron chi connectivity index (χ0n) is 14.7. The predicted molar refractivity (Wildman–Crippen MR) is 98.4 cm³/mol. The first-order chi connectivity index (χ1) is 12.7. The molecule has 2 aliphatic rings. The quantitative estimate of drug-likeness (QED) is 0.768. The van der Waals surface area contributed by atoms with Crippen molar-refractivity contribution in [1.29, 1.82) is 0 Å². The number of carbonyl (C=O) groups excluding carboxylic acids is 1. The fourth-order valence-electron chi connectivity index (χ4n) is 3.87. The molecule has 1 amide bonds. The Kier molecular flexibility index (Phi) is 5.24. The lowest BCUT2D eigenvalue weighted by molar-refractivity contribution is -0.129. The first kappa shape index (κ1) is 17.5. The summed E-state index contributed by atoms with van der Waals surface area (Å²) in [6.07, 6.45) is 6.38. The van der Waals surface area contributed by atoms with Gasteiger partial charge in [0.2, 0.25) is 5.91 Å². The third kappa shape index (κ3) is 3.49. The lowest BCUT2D eigenvalue weighted by Crippen LogP contribution is -2.33. The van der Waals surface area contributed by atoms with Crippen molar-refractivity contribution < 1.29 is 9.18 Å². The van der Waals surface area contributed by atoms with Gasteiger partial charge in [-0.15, -0.1) is 22.0 Å². The van der Waals surface area contributed by atoms with Crippen molar-refractivity contribution in [3.63, 3.8) is 0 Å². The van der Waals surface area contributed by atoms with Gasteiger partial charge < -0.3 is 9.47 Å². The van der Waals surface area contributed by atoms with Crippen LogP contribution >= 0.6 is 11.8 Å². The minimum Gasteiger partial charge on any atom is -0.332 e. The molecule has 1 aromatic heterocycles. The third-order valence-corrected chi connectivity index (χ3v) is 6.23. The zero-order valence-corrected chi connectivity index (χ0v) is 15.6. The van der Waals surface area contributed by atoms with Crippen LogP contribution in [0, 0.1) is 5.82 Å². The molecule has 7 heteroatoms. The van der Waals surface area contributed by atoms with E-state index in [-0.39, 0.29) is 23.5 Å².